The summed E-state index contributed by atoms with van der Waals surface area (Å²) in [6.07, 6.45) is 41.9. The Balaban J connectivity index is 3.49. The van der Waals surface area contributed by atoms with Gasteiger partial charge in [-0.2, -0.15) is 0 Å². The first-order valence-electron chi connectivity index (χ1n) is 21.6. The minimum absolute atomic E-state index is 0.370. The Hall–Kier alpha value is -0.950. The van der Waals surface area contributed by atoms with Crippen LogP contribution in [-0.4, -0.2) is 57.3 Å². The lowest BCUT2D eigenvalue weighted by molar-refractivity contribution is -0.132. The maximum Gasteiger partial charge on any atom is 0.249 e. The monoisotopic (exact) mass is 696 g/mol. The molecule has 0 saturated carbocycles. The summed E-state index contributed by atoms with van der Waals surface area (Å²) in [6, 6.07) is -0.978. The van der Waals surface area contributed by atoms with Gasteiger partial charge in [-0.1, -0.05) is 199 Å². The summed E-state index contributed by atoms with van der Waals surface area (Å²) in [7, 11) is 0. The maximum atomic E-state index is 12.4. The number of carbonyl (C=O) groups excluding carboxylic acids is 1. The Morgan fingerprint density at radius 1 is 0.490 bits per heavy atom. The third-order valence-corrected chi connectivity index (χ3v) is 10.2. The van der Waals surface area contributed by atoms with Crippen molar-refractivity contribution in [3.63, 3.8) is 0 Å². The molecule has 6 heteroatoms. The fourth-order valence-electron chi connectivity index (χ4n) is 6.75. The largest absolute Gasteiger partial charge is 0.394 e. The second-order valence-electron chi connectivity index (χ2n) is 15.0. The summed E-state index contributed by atoms with van der Waals surface area (Å²) in [5.74, 6) is -0.589. The Bertz CT molecular complexity index is 702. The number of aliphatic hydroxyl groups is 4. The highest BCUT2D eigenvalue weighted by Crippen LogP contribution is 2.16. The highest BCUT2D eigenvalue weighted by Gasteiger charge is 2.28. The fraction of sp³-hybridized carbons (Fsp3) is 0.930. The molecule has 0 aromatic rings. The van der Waals surface area contributed by atoms with Crippen LogP contribution in [0, 0.1) is 0 Å². The third kappa shape index (κ3) is 32.7. The molecule has 0 heterocycles. The summed E-state index contributed by atoms with van der Waals surface area (Å²) in [6.45, 7) is 3.92. The van der Waals surface area contributed by atoms with Gasteiger partial charge in [0, 0.05) is 0 Å². The minimum Gasteiger partial charge on any atom is -0.394 e. The van der Waals surface area contributed by atoms with Gasteiger partial charge < -0.3 is 25.7 Å². The molecule has 0 fully saturated rings. The van der Waals surface area contributed by atoms with Crippen LogP contribution < -0.4 is 5.32 Å². The molecule has 0 aromatic carbocycles. The van der Waals surface area contributed by atoms with Gasteiger partial charge in [0.1, 0.15) is 12.2 Å². The van der Waals surface area contributed by atoms with Crippen LogP contribution in [0.4, 0.5) is 0 Å². The van der Waals surface area contributed by atoms with Crippen molar-refractivity contribution in [2.75, 3.05) is 6.61 Å². The quantitative estimate of drug-likeness (QED) is 0.0325. The Kier molecular flexibility index (Phi) is 37.5. The predicted octanol–water partition coefficient (Wildman–Crippen LogP) is 11.0. The van der Waals surface area contributed by atoms with Crippen LogP contribution in [0.5, 0.6) is 0 Å². The molecule has 0 aliphatic heterocycles. The van der Waals surface area contributed by atoms with Gasteiger partial charge in [-0.25, -0.2) is 0 Å². The number of aliphatic hydroxyl groups excluding tert-OH is 4. The lowest BCUT2D eigenvalue weighted by atomic mass is 9.99. The predicted molar refractivity (Wildman–Crippen MR) is 210 cm³/mol. The van der Waals surface area contributed by atoms with Crippen LogP contribution in [0.2, 0.25) is 0 Å². The first kappa shape index (κ1) is 48.0. The van der Waals surface area contributed by atoms with Crippen LogP contribution >= 0.6 is 0 Å². The summed E-state index contributed by atoms with van der Waals surface area (Å²) >= 11 is 0. The maximum absolute atomic E-state index is 12.4. The van der Waals surface area contributed by atoms with E-state index in [1.54, 1.807) is 0 Å². The first-order chi connectivity index (χ1) is 24.0. The topological polar surface area (TPSA) is 110 Å². The van der Waals surface area contributed by atoms with E-state index in [0.29, 0.717) is 12.8 Å². The zero-order valence-corrected chi connectivity index (χ0v) is 32.7. The number of amides is 1. The van der Waals surface area contributed by atoms with Crippen molar-refractivity contribution in [1.82, 2.24) is 5.32 Å². The van der Waals surface area contributed by atoms with E-state index >= 15 is 0 Å². The smallest absolute Gasteiger partial charge is 0.249 e. The summed E-state index contributed by atoms with van der Waals surface area (Å²) in [5, 5.41) is 42.9. The van der Waals surface area contributed by atoms with Gasteiger partial charge in [0.25, 0.3) is 0 Å². The third-order valence-electron chi connectivity index (χ3n) is 10.2. The van der Waals surface area contributed by atoms with Gasteiger partial charge >= 0.3 is 0 Å². The molecule has 0 bridgehead atoms. The molecule has 0 rings (SSSR count). The lowest BCUT2D eigenvalue weighted by Crippen LogP contribution is -2.53. The number of allylic oxidation sites excluding steroid dienone is 2. The van der Waals surface area contributed by atoms with Crippen molar-refractivity contribution in [1.29, 1.82) is 0 Å². The van der Waals surface area contributed by atoms with Crippen LogP contribution in [0.15, 0.2) is 12.2 Å². The highest BCUT2D eigenvalue weighted by molar-refractivity contribution is 5.80. The molecule has 292 valence electrons. The van der Waals surface area contributed by atoms with Crippen LogP contribution in [0.25, 0.3) is 0 Å². The number of hydrogen-bond donors (Lipinski definition) is 5. The van der Waals surface area contributed by atoms with E-state index < -0.39 is 36.9 Å². The minimum atomic E-state index is -1.25. The molecule has 4 atom stereocenters. The second kappa shape index (κ2) is 38.3. The van der Waals surface area contributed by atoms with Gasteiger partial charge in [-0.3, -0.25) is 4.79 Å². The van der Waals surface area contributed by atoms with Gasteiger partial charge in [0.05, 0.1) is 18.8 Å². The van der Waals surface area contributed by atoms with Crippen molar-refractivity contribution in [2.45, 2.75) is 250 Å². The number of nitrogens with one attached hydrogen (secondary N) is 1. The molecule has 0 aliphatic carbocycles. The zero-order valence-electron chi connectivity index (χ0n) is 32.7. The standard InChI is InChI=1S/C43H85NO5/c1-3-5-7-9-10-11-12-13-14-15-16-17-18-19-20-21-22-23-24-25-26-27-28-29-30-31-32-33-35-37-41(47)43(49)44-39(38-45)42(48)40(46)36-34-8-6-4-2/h19-20,39-42,45-48H,3-18,21-38H2,1-2H3,(H,44,49)/b20-19-. The van der Waals surface area contributed by atoms with Gasteiger partial charge in [-0.05, 0) is 38.5 Å². The molecule has 0 spiro atoms. The van der Waals surface area contributed by atoms with Gasteiger partial charge in [0.2, 0.25) is 5.91 Å². The number of carbonyl (C=O) groups is 1. The molecule has 1 amide bonds. The summed E-state index contributed by atoms with van der Waals surface area (Å²) < 4.78 is 0. The van der Waals surface area contributed by atoms with Gasteiger partial charge in [-0.15, -0.1) is 0 Å². The normalized spacial score (nSPS) is 14.3. The molecule has 0 saturated heterocycles. The Morgan fingerprint density at radius 2 is 0.816 bits per heavy atom. The van der Waals surface area contributed by atoms with Crippen molar-refractivity contribution < 1.29 is 25.2 Å². The van der Waals surface area contributed by atoms with Crippen LogP contribution in [0.1, 0.15) is 226 Å². The second-order valence-corrected chi connectivity index (χ2v) is 15.0. The number of unbranched alkanes of at least 4 members (excludes halogenated alkanes) is 28. The van der Waals surface area contributed by atoms with E-state index in [1.165, 1.54) is 154 Å². The van der Waals surface area contributed by atoms with Crippen molar-refractivity contribution in [2.24, 2.45) is 0 Å². The summed E-state index contributed by atoms with van der Waals surface area (Å²) in [5.41, 5.74) is 0. The molecular formula is C43H85NO5. The molecule has 0 aromatic heterocycles. The highest BCUT2D eigenvalue weighted by atomic mass is 16.3. The molecule has 0 aliphatic rings. The number of hydrogen-bond acceptors (Lipinski definition) is 5. The average Bonchev–Trinajstić information content (AvgIpc) is 3.11. The fourth-order valence-corrected chi connectivity index (χ4v) is 6.75. The Morgan fingerprint density at radius 3 is 1.20 bits per heavy atom. The van der Waals surface area contributed by atoms with Crippen molar-refractivity contribution in [3.05, 3.63) is 12.2 Å². The first-order valence-corrected chi connectivity index (χ1v) is 21.6. The van der Waals surface area contributed by atoms with E-state index in [2.05, 4.69) is 31.3 Å². The van der Waals surface area contributed by atoms with E-state index in [-0.39, 0.29) is 0 Å². The van der Waals surface area contributed by atoms with Crippen LogP contribution in [0.3, 0.4) is 0 Å². The molecule has 49 heavy (non-hydrogen) atoms. The molecular weight excluding hydrogens is 610 g/mol. The molecule has 5 N–H and O–H groups in total. The molecule has 6 nitrogen and oxygen atoms in total. The van der Waals surface area contributed by atoms with Crippen molar-refractivity contribution in [3.8, 4) is 0 Å². The number of rotatable bonds is 39. The van der Waals surface area contributed by atoms with Gasteiger partial charge in [0.15, 0.2) is 0 Å². The van der Waals surface area contributed by atoms with E-state index in [9.17, 15) is 25.2 Å². The SMILES string of the molecule is CCCCCCCCCCCCCC/C=C\CCCCCCCCCCCCCCCC(O)C(=O)NC(CO)C(O)C(O)CCCCCC. The molecule has 0 radical (unpaired) electrons. The molecule has 4 unspecified atom stereocenters. The van der Waals surface area contributed by atoms with E-state index in [4.69, 9.17) is 0 Å². The lowest BCUT2D eigenvalue weighted by Gasteiger charge is -2.27. The van der Waals surface area contributed by atoms with Crippen molar-refractivity contribution >= 4 is 5.91 Å². The van der Waals surface area contributed by atoms with E-state index in [1.807, 2.05) is 0 Å². The van der Waals surface area contributed by atoms with Crippen LogP contribution in [-0.2, 0) is 4.79 Å². The summed E-state index contributed by atoms with van der Waals surface area (Å²) in [4.78, 5) is 12.4. The average molecular weight is 696 g/mol. The van der Waals surface area contributed by atoms with E-state index in [0.717, 1.165) is 44.9 Å². The zero-order chi connectivity index (χ0) is 36.0. The Labute approximate surface area is 304 Å².